The van der Waals surface area contributed by atoms with E-state index in [0.717, 1.165) is 36.8 Å². The molecule has 1 heterocycles. The number of aromatic nitrogens is 1. The summed E-state index contributed by atoms with van der Waals surface area (Å²) in [5.74, 6) is -2.04. The summed E-state index contributed by atoms with van der Waals surface area (Å²) in [6.07, 6.45) is 5.07. The van der Waals surface area contributed by atoms with Gasteiger partial charge in [0, 0.05) is 25.1 Å². The van der Waals surface area contributed by atoms with Gasteiger partial charge in [0.15, 0.2) is 11.4 Å². The Morgan fingerprint density at radius 3 is 2.44 bits per heavy atom. The van der Waals surface area contributed by atoms with Crippen molar-refractivity contribution in [1.29, 1.82) is 0 Å². The van der Waals surface area contributed by atoms with E-state index in [4.69, 9.17) is 14.2 Å². The molecule has 2 aromatic rings. The van der Waals surface area contributed by atoms with E-state index < -0.39 is 30.0 Å². The fourth-order valence-corrected chi connectivity index (χ4v) is 4.90. The molecule has 8 nitrogen and oxygen atoms in total. The number of hydrogen-bond acceptors (Lipinski definition) is 7. The zero-order chi connectivity index (χ0) is 26.4. The van der Waals surface area contributed by atoms with Crippen molar-refractivity contribution in [2.45, 2.75) is 71.4 Å². The molecular formula is C27H33FN2O6. The Hall–Kier alpha value is -3.49. The van der Waals surface area contributed by atoms with Gasteiger partial charge in [-0.05, 0) is 62.8 Å². The Morgan fingerprint density at radius 1 is 1.14 bits per heavy atom. The van der Waals surface area contributed by atoms with Gasteiger partial charge in [0.05, 0.1) is 7.11 Å². The second-order valence-corrected chi connectivity index (χ2v) is 9.19. The van der Waals surface area contributed by atoms with Gasteiger partial charge >= 0.3 is 11.9 Å². The van der Waals surface area contributed by atoms with Crippen molar-refractivity contribution in [3.63, 3.8) is 0 Å². The quantitative estimate of drug-likeness (QED) is 0.506. The summed E-state index contributed by atoms with van der Waals surface area (Å²) in [5.41, 5.74) is 1.59. The average molecular weight is 501 g/mol. The molecule has 1 amide bonds. The number of halogens is 1. The third-order valence-electron chi connectivity index (χ3n) is 6.56. The van der Waals surface area contributed by atoms with E-state index in [1.165, 1.54) is 45.4 Å². The molecule has 1 aromatic carbocycles. The molecular weight excluding hydrogens is 467 g/mol. The Kier molecular flexibility index (Phi) is 9.01. The first-order valence-corrected chi connectivity index (χ1v) is 12.1. The Labute approximate surface area is 210 Å². The first-order valence-electron chi connectivity index (χ1n) is 12.1. The van der Waals surface area contributed by atoms with Gasteiger partial charge in [0.25, 0.3) is 5.91 Å². The maximum absolute atomic E-state index is 13.7. The molecule has 1 fully saturated rings. The zero-order valence-corrected chi connectivity index (χ0v) is 21.3. The van der Waals surface area contributed by atoms with Crippen LogP contribution in [0.1, 0.15) is 74.0 Å². The number of amides is 1. The van der Waals surface area contributed by atoms with Crippen LogP contribution in [0.3, 0.4) is 0 Å². The van der Waals surface area contributed by atoms with Crippen molar-refractivity contribution in [2.24, 2.45) is 5.92 Å². The van der Waals surface area contributed by atoms with E-state index in [0.29, 0.717) is 5.92 Å². The molecule has 1 N–H and O–H groups in total. The minimum atomic E-state index is -1.00. The van der Waals surface area contributed by atoms with E-state index in [1.807, 2.05) is 13.8 Å². The molecule has 0 unspecified atom stereocenters. The monoisotopic (exact) mass is 500 g/mol. The highest BCUT2D eigenvalue weighted by Crippen LogP contribution is 2.41. The number of methoxy groups -OCH3 is 1. The maximum atomic E-state index is 13.7. The van der Waals surface area contributed by atoms with Gasteiger partial charge in [-0.2, -0.15) is 0 Å². The molecule has 1 saturated carbocycles. The van der Waals surface area contributed by atoms with Gasteiger partial charge in [0.1, 0.15) is 18.0 Å². The number of benzene rings is 1. The average Bonchev–Trinajstić information content (AvgIpc) is 3.34. The van der Waals surface area contributed by atoms with Crippen LogP contribution in [0.5, 0.6) is 11.5 Å². The molecule has 0 saturated heterocycles. The molecule has 0 bridgehead atoms. The van der Waals surface area contributed by atoms with Gasteiger partial charge in [-0.25, -0.2) is 14.2 Å². The standard InChI is InChI=1S/C27H33FN2O6/c1-15-14-20(28)10-11-21(15)23(19-8-6-7-9-19)17(3)35-27(33)16(2)30-26(32)24-25(36-18(4)31)22(34-5)12-13-29-24/h10-14,16-17,19,23H,6-9H2,1-5H3,(H,30,32)/t16-,17-,23-/m0/s1. The number of nitrogens with one attached hydrogen (secondary N) is 1. The zero-order valence-electron chi connectivity index (χ0n) is 21.3. The normalized spacial score (nSPS) is 16.1. The van der Waals surface area contributed by atoms with Gasteiger partial charge in [-0.15, -0.1) is 0 Å². The summed E-state index contributed by atoms with van der Waals surface area (Å²) < 4.78 is 29.9. The maximum Gasteiger partial charge on any atom is 0.328 e. The lowest BCUT2D eigenvalue weighted by molar-refractivity contribution is -0.151. The minimum absolute atomic E-state index is 0.0874. The van der Waals surface area contributed by atoms with Gasteiger partial charge in [-0.1, -0.05) is 18.9 Å². The summed E-state index contributed by atoms with van der Waals surface area (Å²) in [4.78, 5) is 41.4. The summed E-state index contributed by atoms with van der Waals surface area (Å²) >= 11 is 0. The molecule has 1 aliphatic carbocycles. The molecule has 36 heavy (non-hydrogen) atoms. The van der Waals surface area contributed by atoms with Crippen LogP contribution < -0.4 is 14.8 Å². The first kappa shape index (κ1) is 27.1. The van der Waals surface area contributed by atoms with E-state index in [2.05, 4.69) is 10.3 Å². The van der Waals surface area contributed by atoms with Crippen LogP contribution >= 0.6 is 0 Å². The summed E-state index contributed by atoms with van der Waals surface area (Å²) in [5, 5.41) is 2.56. The number of rotatable bonds is 9. The molecule has 1 aromatic heterocycles. The van der Waals surface area contributed by atoms with Crippen molar-refractivity contribution in [1.82, 2.24) is 10.3 Å². The van der Waals surface area contributed by atoms with Crippen LogP contribution in [-0.2, 0) is 14.3 Å². The Morgan fingerprint density at radius 2 is 1.83 bits per heavy atom. The molecule has 0 spiro atoms. The number of esters is 2. The third kappa shape index (κ3) is 6.38. The van der Waals surface area contributed by atoms with E-state index in [1.54, 1.807) is 6.07 Å². The second-order valence-electron chi connectivity index (χ2n) is 9.19. The highest BCUT2D eigenvalue weighted by Gasteiger charge is 2.35. The number of hydrogen-bond donors (Lipinski definition) is 1. The highest BCUT2D eigenvalue weighted by molar-refractivity contribution is 5.98. The minimum Gasteiger partial charge on any atom is -0.493 e. The van der Waals surface area contributed by atoms with Crippen LogP contribution in [0.25, 0.3) is 0 Å². The highest BCUT2D eigenvalue weighted by atomic mass is 19.1. The lowest BCUT2D eigenvalue weighted by Crippen LogP contribution is -2.42. The lowest BCUT2D eigenvalue weighted by atomic mass is 9.79. The Balaban J connectivity index is 1.75. The van der Waals surface area contributed by atoms with Crippen molar-refractivity contribution >= 4 is 17.8 Å². The molecule has 3 rings (SSSR count). The number of aryl methyl sites for hydroxylation is 1. The molecule has 0 aliphatic heterocycles. The molecule has 1 aliphatic rings. The van der Waals surface area contributed by atoms with Crippen molar-refractivity contribution < 1.29 is 33.0 Å². The van der Waals surface area contributed by atoms with Gasteiger partial charge in [-0.3, -0.25) is 9.59 Å². The first-order chi connectivity index (χ1) is 17.1. The summed E-state index contributed by atoms with van der Waals surface area (Å²) in [7, 11) is 1.37. The number of carbonyl (C=O) groups excluding carboxylic acids is 3. The predicted molar refractivity (Wildman–Crippen MR) is 130 cm³/mol. The largest absolute Gasteiger partial charge is 0.493 e. The SMILES string of the molecule is COc1ccnc(C(=O)N[C@@H](C)C(=O)O[C@@H](C)[C@H](c2ccc(F)cc2C)C2CCCC2)c1OC(C)=O. The molecule has 194 valence electrons. The Bertz CT molecular complexity index is 1120. The van der Waals surface area contributed by atoms with E-state index in [-0.39, 0.29) is 28.9 Å². The topological polar surface area (TPSA) is 104 Å². The van der Waals surface area contributed by atoms with Gasteiger partial charge in [0.2, 0.25) is 5.75 Å². The number of carbonyl (C=O) groups is 3. The fourth-order valence-electron chi connectivity index (χ4n) is 4.90. The van der Waals surface area contributed by atoms with Crippen molar-refractivity contribution in [3.05, 3.63) is 53.1 Å². The van der Waals surface area contributed by atoms with Crippen molar-refractivity contribution in [2.75, 3.05) is 7.11 Å². The number of ether oxygens (including phenoxy) is 3. The van der Waals surface area contributed by atoms with Crippen LogP contribution in [-0.4, -0.2) is 42.1 Å². The molecule has 9 heteroatoms. The smallest absolute Gasteiger partial charge is 0.328 e. The number of pyridine rings is 1. The van der Waals surface area contributed by atoms with Crippen LogP contribution in [0.2, 0.25) is 0 Å². The van der Waals surface area contributed by atoms with Gasteiger partial charge < -0.3 is 19.5 Å². The van der Waals surface area contributed by atoms with E-state index in [9.17, 15) is 18.8 Å². The predicted octanol–water partition coefficient (Wildman–Crippen LogP) is 4.49. The summed E-state index contributed by atoms with van der Waals surface area (Å²) in [6.45, 7) is 6.39. The molecule has 0 radical (unpaired) electrons. The van der Waals surface area contributed by atoms with Crippen LogP contribution in [0, 0.1) is 18.7 Å². The third-order valence-corrected chi connectivity index (χ3v) is 6.56. The van der Waals surface area contributed by atoms with E-state index >= 15 is 0 Å². The number of nitrogens with zero attached hydrogens (tertiary/aromatic N) is 1. The fraction of sp³-hybridized carbons (Fsp3) is 0.481. The van der Waals surface area contributed by atoms with Crippen LogP contribution in [0.4, 0.5) is 4.39 Å². The lowest BCUT2D eigenvalue weighted by Gasteiger charge is -2.31. The van der Waals surface area contributed by atoms with Crippen LogP contribution in [0.15, 0.2) is 30.5 Å². The second kappa shape index (κ2) is 12.0. The van der Waals surface area contributed by atoms with Crippen molar-refractivity contribution in [3.8, 4) is 11.5 Å². The molecule has 3 atom stereocenters. The summed E-state index contributed by atoms with van der Waals surface area (Å²) in [6, 6.07) is 5.15.